The van der Waals surface area contributed by atoms with Gasteiger partial charge < -0.3 is 10.6 Å². The molecule has 3 aliphatic heterocycles. The second kappa shape index (κ2) is 9.19. The minimum Gasteiger partial charge on any atom is -0.325 e. The number of quaternary nitrogens is 1. The van der Waals surface area contributed by atoms with Gasteiger partial charge in [0.05, 0.1) is 18.4 Å². The SMILES string of the molecule is Cc1cc(NC2=CN(Sc3ccc(NC(=O)C4CCCCN4)cc3)CC3=NC=C[NH+]23)n[nH]1. The number of aromatic nitrogens is 2. The summed E-state index contributed by atoms with van der Waals surface area (Å²) in [5.41, 5.74) is 1.82. The molecule has 0 spiro atoms. The Hall–Kier alpha value is -3.08. The van der Waals surface area contributed by atoms with E-state index in [1.165, 1.54) is 0 Å². The van der Waals surface area contributed by atoms with Crippen LogP contribution in [0.25, 0.3) is 0 Å². The van der Waals surface area contributed by atoms with Crippen molar-refractivity contribution < 1.29 is 9.69 Å². The third kappa shape index (κ3) is 4.72. The van der Waals surface area contributed by atoms with E-state index in [0.29, 0.717) is 6.54 Å². The number of nitrogens with one attached hydrogen (secondary N) is 5. The van der Waals surface area contributed by atoms with E-state index in [9.17, 15) is 4.79 Å². The number of carbonyl (C=O) groups excluding carboxylic acids is 1. The van der Waals surface area contributed by atoms with E-state index in [-0.39, 0.29) is 11.9 Å². The minimum absolute atomic E-state index is 0.0446. The number of anilines is 2. The zero-order valence-corrected chi connectivity index (χ0v) is 18.7. The number of aliphatic imine (C=N–C) groups is 1. The van der Waals surface area contributed by atoms with Gasteiger partial charge in [-0.3, -0.25) is 19.5 Å². The first kappa shape index (κ1) is 20.8. The van der Waals surface area contributed by atoms with E-state index in [1.807, 2.05) is 49.7 Å². The summed E-state index contributed by atoms with van der Waals surface area (Å²) in [6.07, 6.45) is 9.08. The van der Waals surface area contributed by atoms with Crippen LogP contribution in [-0.2, 0) is 4.79 Å². The third-order valence-corrected chi connectivity index (χ3v) is 6.54. The second-order valence-electron chi connectivity index (χ2n) is 8.09. The molecule has 32 heavy (non-hydrogen) atoms. The zero-order valence-electron chi connectivity index (χ0n) is 17.9. The summed E-state index contributed by atoms with van der Waals surface area (Å²) in [6, 6.07) is 9.84. The molecule has 5 rings (SSSR count). The van der Waals surface area contributed by atoms with Crippen LogP contribution in [0.15, 0.2) is 64.6 Å². The predicted molar refractivity (Wildman–Crippen MR) is 126 cm³/mol. The molecule has 2 unspecified atom stereocenters. The maximum atomic E-state index is 12.4. The van der Waals surface area contributed by atoms with E-state index in [4.69, 9.17) is 0 Å². The van der Waals surface area contributed by atoms with Gasteiger partial charge in [-0.25, -0.2) is 9.89 Å². The van der Waals surface area contributed by atoms with Crippen molar-refractivity contribution in [2.45, 2.75) is 37.1 Å². The van der Waals surface area contributed by atoms with Gasteiger partial charge in [0.15, 0.2) is 5.82 Å². The van der Waals surface area contributed by atoms with E-state index in [2.05, 4.69) is 41.6 Å². The number of amidine groups is 1. The summed E-state index contributed by atoms with van der Waals surface area (Å²) >= 11 is 1.63. The topological polar surface area (TPSA) is 102 Å². The standard InChI is InChI=1S/C22H26N8OS/c1-15-12-19(28-27-15)26-21-14-29(13-20-24-10-11-30(20)21)32-17-7-5-16(6-8-17)25-22(31)18-4-2-3-9-23-18/h5-8,10-12,14,18,23H,2-4,9,13H2,1H3,(H,25,31)(H2,26,27,28)/p+1. The van der Waals surface area contributed by atoms with Crippen molar-refractivity contribution in [3.05, 3.63) is 60.4 Å². The van der Waals surface area contributed by atoms with E-state index < -0.39 is 0 Å². The van der Waals surface area contributed by atoms with Gasteiger partial charge in [0, 0.05) is 22.3 Å². The molecular formula is C22H27N8OS+. The van der Waals surface area contributed by atoms with Gasteiger partial charge in [0.2, 0.25) is 17.6 Å². The van der Waals surface area contributed by atoms with Crippen molar-refractivity contribution in [1.29, 1.82) is 0 Å². The molecule has 0 aliphatic carbocycles. The Bertz CT molecular complexity index is 1070. The van der Waals surface area contributed by atoms with Crippen LogP contribution in [0.5, 0.6) is 0 Å². The Kier molecular flexibility index (Phi) is 5.97. The van der Waals surface area contributed by atoms with Gasteiger partial charge in [-0.1, -0.05) is 6.42 Å². The molecule has 2 atom stereocenters. The van der Waals surface area contributed by atoms with Gasteiger partial charge in [-0.05, 0) is 62.5 Å². The largest absolute Gasteiger partial charge is 0.325 e. The maximum absolute atomic E-state index is 12.4. The predicted octanol–water partition coefficient (Wildman–Crippen LogP) is 1.80. The molecule has 3 aliphatic rings. The van der Waals surface area contributed by atoms with Crippen molar-refractivity contribution >= 4 is 35.2 Å². The molecule has 9 nitrogen and oxygen atoms in total. The monoisotopic (exact) mass is 451 g/mol. The number of aryl methyl sites for hydroxylation is 1. The molecule has 1 aromatic heterocycles. The number of hydrogen-bond donors (Lipinski definition) is 5. The van der Waals surface area contributed by atoms with Gasteiger partial charge in [0.25, 0.3) is 0 Å². The molecule has 1 fully saturated rings. The Morgan fingerprint density at radius 1 is 1.28 bits per heavy atom. The van der Waals surface area contributed by atoms with Crippen LogP contribution in [0.1, 0.15) is 25.0 Å². The number of aromatic amines is 1. The number of fused-ring (bicyclic) bond motifs is 1. The highest BCUT2D eigenvalue weighted by atomic mass is 32.2. The zero-order chi connectivity index (χ0) is 21.9. The molecule has 1 amide bonds. The Morgan fingerprint density at radius 2 is 2.16 bits per heavy atom. The summed E-state index contributed by atoms with van der Waals surface area (Å²) in [6.45, 7) is 3.60. The number of H-pyrrole nitrogens is 1. The highest BCUT2D eigenvalue weighted by molar-refractivity contribution is 7.97. The molecule has 1 aromatic carbocycles. The summed E-state index contributed by atoms with van der Waals surface area (Å²) < 4.78 is 2.15. The fourth-order valence-corrected chi connectivity index (χ4v) is 4.84. The van der Waals surface area contributed by atoms with Crippen LogP contribution in [0.2, 0.25) is 0 Å². The van der Waals surface area contributed by atoms with Crippen LogP contribution >= 0.6 is 11.9 Å². The number of hydrogen-bond acceptors (Lipinski definition) is 7. The lowest BCUT2D eigenvalue weighted by molar-refractivity contribution is -0.699. The number of nitrogens with zero attached hydrogens (tertiary/aromatic N) is 3. The maximum Gasteiger partial charge on any atom is 0.241 e. The quantitative estimate of drug-likeness (QED) is 0.430. The van der Waals surface area contributed by atoms with E-state index in [0.717, 1.165) is 64.5 Å². The lowest BCUT2D eigenvalue weighted by Gasteiger charge is -2.27. The lowest BCUT2D eigenvalue weighted by atomic mass is 10.0. The average molecular weight is 452 g/mol. The third-order valence-electron chi connectivity index (χ3n) is 5.59. The number of piperidine rings is 1. The molecule has 1 saturated heterocycles. The normalized spacial score (nSPS) is 22.2. The Labute approximate surface area is 191 Å². The van der Waals surface area contributed by atoms with Crippen LogP contribution in [0, 0.1) is 6.92 Å². The van der Waals surface area contributed by atoms with E-state index >= 15 is 0 Å². The van der Waals surface area contributed by atoms with Crippen molar-refractivity contribution in [3.8, 4) is 0 Å². The molecule has 166 valence electrons. The molecule has 2 aromatic rings. The average Bonchev–Trinajstić information content (AvgIpc) is 3.44. The highest BCUT2D eigenvalue weighted by Gasteiger charge is 2.32. The first-order valence-electron chi connectivity index (χ1n) is 10.8. The molecule has 0 saturated carbocycles. The number of carbonyl (C=O) groups is 1. The molecule has 5 N–H and O–H groups in total. The Morgan fingerprint density at radius 3 is 2.91 bits per heavy atom. The number of amides is 1. The fourth-order valence-electron chi connectivity index (χ4n) is 3.96. The summed E-state index contributed by atoms with van der Waals surface area (Å²) in [4.78, 5) is 19.1. The number of benzene rings is 1. The summed E-state index contributed by atoms with van der Waals surface area (Å²) in [5.74, 6) is 2.81. The van der Waals surface area contributed by atoms with Crippen LogP contribution < -0.4 is 20.9 Å². The molecule has 4 heterocycles. The highest BCUT2D eigenvalue weighted by Crippen LogP contribution is 2.26. The Balaban J connectivity index is 1.24. The van der Waals surface area contributed by atoms with Crippen molar-refractivity contribution in [1.82, 2.24) is 19.8 Å². The first-order chi connectivity index (χ1) is 15.6. The van der Waals surface area contributed by atoms with Gasteiger partial charge in [-0.15, -0.1) is 0 Å². The molecule has 0 bridgehead atoms. The van der Waals surface area contributed by atoms with Crippen molar-refractivity contribution in [2.75, 3.05) is 23.7 Å². The second-order valence-corrected chi connectivity index (χ2v) is 9.21. The fraction of sp³-hybridized carbons (Fsp3) is 0.318. The molecular weight excluding hydrogens is 424 g/mol. The number of rotatable bonds is 6. The van der Waals surface area contributed by atoms with Gasteiger partial charge in [-0.2, -0.15) is 5.10 Å². The van der Waals surface area contributed by atoms with Gasteiger partial charge in [0.1, 0.15) is 12.7 Å². The summed E-state index contributed by atoms with van der Waals surface area (Å²) in [7, 11) is 0. The van der Waals surface area contributed by atoms with Crippen LogP contribution in [0.4, 0.5) is 11.5 Å². The van der Waals surface area contributed by atoms with Gasteiger partial charge >= 0.3 is 0 Å². The summed E-state index contributed by atoms with van der Waals surface area (Å²) in [5, 5.41) is 16.9. The van der Waals surface area contributed by atoms with E-state index in [1.54, 1.807) is 11.9 Å². The lowest BCUT2D eigenvalue weighted by Crippen LogP contribution is -3.10. The smallest absolute Gasteiger partial charge is 0.241 e. The van der Waals surface area contributed by atoms with Crippen LogP contribution in [0.3, 0.4) is 0 Å². The van der Waals surface area contributed by atoms with Crippen molar-refractivity contribution in [2.24, 2.45) is 4.99 Å². The molecule has 0 radical (unpaired) electrons. The van der Waals surface area contributed by atoms with Crippen LogP contribution in [-0.4, -0.2) is 45.4 Å². The van der Waals surface area contributed by atoms with Crippen molar-refractivity contribution in [3.63, 3.8) is 0 Å². The molecule has 10 heteroatoms. The first-order valence-corrected chi connectivity index (χ1v) is 11.6. The minimum atomic E-state index is -0.0910.